The van der Waals surface area contributed by atoms with E-state index in [-0.39, 0.29) is 5.82 Å². The number of aromatic nitrogens is 1. The summed E-state index contributed by atoms with van der Waals surface area (Å²) in [6, 6.07) is 8.44. The molecule has 0 unspecified atom stereocenters. The van der Waals surface area contributed by atoms with Gasteiger partial charge in [-0.1, -0.05) is 6.07 Å². The van der Waals surface area contributed by atoms with Gasteiger partial charge in [-0.25, -0.2) is 9.37 Å². The van der Waals surface area contributed by atoms with Crippen molar-refractivity contribution in [2.75, 3.05) is 11.9 Å². The van der Waals surface area contributed by atoms with Crippen LogP contribution in [0.3, 0.4) is 0 Å². The molecule has 2 rings (SSSR count). The van der Waals surface area contributed by atoms with Gasteiger partial charge in [0.15, 0.2) is 0 Å². The molecule has 0 aliphatic rings. The Morgan fingerprint density at radius 1 is 1.26 bits per heavy atom. The molecule has 0 bridgehead atoms. The van der Waals surface area contributed by atoms with E-state index in [0.717, 1.165) is 28.3 Å². The summed E-state index contributed by atoms with van der Waals surface area (Å²) in [6.45, 7) is 3.95. The lowest BCUT2D eigenvalue weighted by Gasteiger charge is -2.22. The zero-order valence-corrected chi connectivity index (χ0v) is 12.0. The smallest absolute Gasteiger partial charge is 0.137 e. The Labute approximate surface area is 117 Å². The second kappa shape index (κ2) is 5.57. The van der Waals surface area contributed by atoms with E-state index in [1.807, 2.05) is 37.9 Å². The van der Waals surface area contributed by atoms with Crippen molar-refractivity contribution in [2.24, 2.45) is 0 Å². The van der Waals surface area contributed by atoms with E-state index in [2.05, 4.69) is 4.98 Å². The van der Waals surface area contributed by atoms with Crippen LogP contribution in [0.4, 0.5) is 15.9 Å². The molecule has 4 heteroatoms. The summed E-state index contributed by atoms with van der Waals surface area (Å²) in [7, 11) is 1.87. The normalized spacial score (nSPS) is 10.6. The molecule has 0 saturated carbocycles. The van der Waals surface area contributed by atoms with Crippen LogP contribution in [0.25, 0.3) is 0 Å². The molecule has 19 heavy (non-hydrogen) atoms. The second-order valence-corrected chi connectivity index (χ2v) is 4.82. The summed E-state index contributed by atoms with van der Waals surface area (Å²) >= 11 is 6.01. The van der Waals surface area contributed by atoms with Gasteiger partial charge in [-0.05, 0) is 43.7 Å². The summed E-state index contributed by atoms with van der Waals surface area (Å²) in [5.41, 5.74) is 3.74. The Kier molecular flexibility index (Phi) is 4.05. The van der Waals surface area contributed by atoms with Crippen LogP contribution < -0.4 is 4.90 Å². The van der Waals surface area contributed by atoms with Crippen molar-refractivity contribution in [1.29, 1.82) is 0 Å². The molecular formula is C15H16ClFN2. The molecular weight excluding hydrogens is 263 g/mol. The summed E-state index contributed by atoms with van der Waals surface area (Å²) in [4.78, 5) is 6.39. The van der Waals surface area contributed by atoms with Gasteiger partial charge in [-0.3, -0.25) is 0 Å². The fourth-order valence-corrected chi connectivity index (χ4v) is 2.42. The minimum Gasteiger partial charge on any atom is -0.329 e. The van der Waals surface area contributed by atoms with Gasteiger partial charge in [0, 0.05) is 24.0 Å². The lowest BCUT2D eigenvalue weighted by atomic mass is 10.1. The fourth-order valence-electron chi connectivity index (χ4n) is 2.09. The molecule has 0 aliphatic heterocycles. The molecule has 0 N–H and O–H groups in total. The highest BCUT2D eigenvalue weighted by Gasteiger charge is 2.14. The van der Waals surface area contributed by atoms with E-state index in [0.29, 0.717) is 5.88 Å². The first-order chi connectivity index (χ1) is 9.02. The zero-order valence-electron chi connectivity index (χ0n) is 11.2. The van der Waals surface area contributed by atoms with E-state index in [1.165, 1.54) is 12.1 Å². The Hall–Kier alpha value is -1.61. The Balaban J connectivity index is 2.52. The van der Waals surface area contributed by atoms with Gasteiger partial charge in [0.25, 0.3) is 0 Å². The molecule has 0 radical (unpaired) electrons. The molecule has 0 amide bonds. The summed E-state index contributed by atoms with van der Waals surface area (Å²) in [6.07, 6.45) is 0. The third-order valence-electron chi connectivity index (χ3n) is 3.10. The van der Waals surface area contributed by atoms with Crippen molar-refractivity contribution in [1.82, 2.24) is 4.98 Å². The average Bonchev–Trinajstić information content (AvgIpc) is 2.37. The van der Waals surface area contributed by atoms with E-state index in [1.54, 1.807) is 6.07 Å². The van der Waals surface area contributed by atoms with Crippen molar-refractivity contribution in [2.45, 2.75) is 19.7 Å². The van der Waals surface area contributed by atoms with Gasteiger partial charge in [0.2, 0.25) is 0 Å². The quantitative estimate of drug-likeness (QED) is 0.776. The first-order valence-corrected chi connectivity index (χ1v) is 6.58. The highest BCUT2D eigenvalue weighted by Crippen LogP contribution is 2.29. The monoisotopic (exact) mass is 278 g/mol. The number of alkyl halides is 1. The predicted molar refractivity (Wildman–Crippen MR) is 77.7 cm³/mol. The third-order valence-corrected chi connectivity index (χ3v) is 3.37. The van der Waals surface area contributed by atoms with Crippen LogP contribution in [0.2, 0.25) is 0 Å². The Morgan fingerprint density at radius 3 is 2.63 bits per heavy atom. The summed E-state index contributed by atoms with van der Waals surface area (Å²) in [5, 5.41) is 0. The molecule has 1 aromatic carbocycles. The first-order valence-electron chi connectivity index (χ1n) is 6.05. The van der Waals surface area contributed by atoms with Crippen LogP contribution in [0.15, 0.2) is 30.3 Å². The topological polar surface area (TPSA) is 16.1 Å². The number of halogens is 2. The van der Waals surface area contributed by atoms with Crippen LogP contribution in [0.5, 0.6) is 0 Å². The zero-order chi connectivity index (χ0) is 14.0. The van der Waals surface area contributed by atoms with Gasteiger partial charge >= 0.3 is 0 Å². The van der Waals surface area contributed by atoms with Crippen molar-refractivity contribution >= 4 is 23.1 Å². The SMILES string of the molecule is Cc1cc(C)c(CCl)c(N(C)c2cccc(F)c2)n1. The predicted octanol–water partition coefficient (Wildman–Crippen LogP) is 4.34. The molecule has 0 fully saturated rings. The molecule has 0 aliphatic carbocycles. The maximum Gasteiger partial charge on any atom is 0.137 e. The van der Waals surface area contributed by atoms with Crippen molar-refractivity contribution < 1.29 is 4.39 Å². The van der Waals surface area contributed by atoms with Crippen molar-refractivity contribution in [3.05, 3.63) is 53.0 Å². The largest absolute Gasteiger partial charge is 0.329 e. The standard InChI is InChI=1S/C15H16ClFN2/c1-10-7-11(2)18-15(14(10)9-16)19(3)13-6-4-5-12(17)8-13/h4-8H,9H2,1-3H3. The lowest BCUT2D eigenvalue weighted by molar-refractivity contribution is 0.628. The Bertz CT molecular complexity index is 599. The molecule has 100 valence electrons. The molecule has 2 aromatic rings. The second-order valence-electron chi connectivity index (χ2n) is 4.56. The molecule has 2 nitrogen and oxygen atoms in total. The van der Waals surface area contributed by atoms with E-state index in [9.17, 15) is 4.39 Å². The first kappa shape index (κ1) is 13.8. The number of benzene rings is 1. The summed E-state index contributed by atoms with van der Waals surface area (Å²) in [5.74, 6) is 0.896. The van der Waals surface area contributed by atoms with Crippen LogP contribution in [-0.4, -0.2) is 12.0 Å². The lowest BCUT2D eigenvalue weighted by Crippen LogP contribution is -2.15. The number of nitrogens with zero attached hydrogens (tertiary/aromatic N) is 2. The number of pyridine rings is 1. The van der Waals surface area contributed by atoms with Crippen LogP contribution in [-0.2, 0) is 5.88 Å². The number of anilines is 2. The fraction of sp³-hybridized carbons (Fsp3) is 0.267. The summed E-state index contributed by atoms with van der Waals surface area (Å²) < 4.78 is 13.3. The molecule has 1 aromatic heterocycles. The minimum atomic E-state index is -0.263. The molecule has 1 heterocycles. The van der Waals surface area contributed by atoms with Crippen LogP contribution in [0, 0.1) is 19.7 Å². The third kappa shape index (κ3) is 2.87. The van der Waals surface area contributed by atoms with Gasteiger partial charge in [-0.2, -0.15) is 0 Å². The van der Waals surface area contributed by atoms with E-state index < -0.39 is 0 Å². The van der Waals surface area contributed by atoms with Gasteiger partial charge < -0.3 is 4.90 Å². The minimum absolute atomic E-state index is 0.263. The maximum atomic E-state index is 13.3. The number of hydrogen-bond donors (Lipinski definition) is 0. The molecule has 0 spiro atoms. The van der Waals surface area contributed by atoms with Crippen molar-refractivity contribution in [3.63, 3.8) is 0 Å². The molecule has 0 saturated heterocycles. The highest BCUT2D eigenvalue weighted by molar-refractivity contribution is 6.17. The number of hydrogen-bond acceptors (Lipinski definition) is 2. The molecule has 0 atom stereocenters. The van der Waals surface area contributed by atoms with Gasteiger partial charge in [-0.15, -0.1) is 11.6 Å². The highest BCUT2D eigenvalue weighted by atomic mass is 35.5. The van der Waals surface area contributed by atoms with Crippen molar-refractivity contribution in [3.8, 4) is 0 Å². The Morgan fingerprint density at radius 2 is 2.00 bits per heavy atom. The maximum absolute atomic E-state index is 13.3. The van der Waals surface area contributed by atoms with Gasteiger partial charge in [0.1, 0.15) is 11.6 Å². The van der Waals surface area contributed by atoms with E-state index in [4.69, 9.17) is 11.6 Å². The number of aryl methyl sites for hydroxylation is 2. The van der Waals surface area contributed by atoms with Crippen LogP contribution in [0.1, 0.15) is 16.8 Å². The van der Waals surface area contributed by atoms with Gasteiger partial charge in [0.05, 0.1) is 5.88 Å². The average molecular weight is 279 g/mol. The number of rotatable bonds is 3. The van der Waals surface area contributed by atoms with E-state index >= 15 is 0 Å². The van der Waals surface area contributed by atoms with Crippen LogP contribution >= 0.6 is 11.6 Å².